The standard InChI is InChI=1S/3C7H9NO2.C6H6.Cr/c3*1-5(9)7(3-4-8)6(2)10;1-2-4-6-5-3-1;/h3*9H,3H2,1-2H3;1-6H;/q;;;;+3/p-3/b3*7-5-;;. The molecular formula is C27H30CrN3O6. The zero-order chi connectivity index (χ0) is 28.7. The third kappa shape index (κ3) is 23.4. The normalized spacial score (nSPS) is 10.8. The number of allylic oxidation sites excluding steroid dienone is 6. The Hall–Kier alpha value is -4.15. The Balaban J connectivity index is -0.000000197. The summed E-state index contributed by atoms with van der Waals surface area (Å²) in [7, 11) is 0. The first kappa shape index (κ1) is 40.0. The van der Waals surface area contributed by atoms with Gasteiger partial charge in [-0.2, -0.15) is 15.8 Å². The summed E-state index contributed by atoms with van der Waals surface area (Å²) in [6, 6.07) is 17.3. The molecule has 0 aliphatic carbocycles. The zero-order valence-corrected chi connectivity index (χ0v) is 23.1. The molecule has 0 fully saturated rings. The van der Waals surface area contributed by atoms with Crippen LogP contribution in [0.2, 0.25) is 0 Å². The molecule has 1 radical (unpaired) electrons. The molecule has 1 aromatic rings. The Labute approximate surface area is 229 Å². The fraction of sp³-hybridized carbons (Fsp3) is 0.333. The van der Waals surface area contributed by atoms with Crippen LogP contribution in [0, 0.1) is 34.0 Å². The van der Waals surface area contributed by atoms with Crippen LogP contribution in [0.15, 0.2) is 70.4 Å². The summed E-state index contributed by atoms with van der Waals surface area (Å²) >= 11 is 0. The van der Waals surface area contributed by atoms with Gasteiger partial charge in [-0.3, -0.25) is 14.4 Å². The van der Waals surface area contributed by atoms with Gasteiger partial charge in [0.05, 0.1) is 37.5 Å². The van der Waals surface area contributed by atoms with Crippen molar-refractivity contribution < 1.29 is 47.1 Å². The molecule has 1 aromatic carbocycles. The van der Waals surface area contributed by atoms with E-state index >= 15 is 0 Å². The third-order valence-corrected chi connectivity index (χ3v) is 3.98. The van der Waals surface area contributed by atoms with Crippen molar-refractivity contribution in [2.24, 2.45) is 0 Å². The van der Waals surface area contributed by atoms with E-state index in [1.165, 1.54) is 41.5 Å². The predicted molar refractivity (Wildman–Crippen MR) is 127 cm³/mol. The molecule has 1 rings (SSSR count). The van der Waals surface area contributed by atoms with Crippen molar-refractivity contribution in [3.63, 3.8) is 0 Å². The minimum Gasteiger partial charge on any atom is -0.875 e. The first-order valence-electron chi connectivity index (χ1n) is 10.5. The SMILES string of the molecule is CC(=O)/C(CC#N)=C(/C)[O-].CC(=O)/C(CC#N)=C(/C)[O-].CC(=O)/C(CC#N)=C(/C)[O-].[Cr+3].c1ccccc1. The van der Waals surface area contributed by atoms with Crippen molar-refractivity contribution in [1.82, 2.24) is 0 Å². The van der Waals surface area contributed by atoms with Gasteiger partial charge in [0, 0.05) is 0 Å². The fourth-order valence-electron chi connectivity index (χ4n) is 2.11. The van der Waals surface area contributed by atoms with Crippen molar-refractivity contribution in [3.8, 4) is 18.2 Å². The number of nitriles is 3. The van der Waals surface area contributed by atoms with Gasteiger partial charge in [0.2, 0.25) is 0 Å². The molecule has 0 saturated carbocycles. The first-order valence-corrected chi connectivity index (χ1v) is 10.5. The van der Waals surface area contributed by atoms with Gasteiger partial charge >= 0.3 is 17.4 Å². The minimum absolute atomic E-state index is 0. The Morgan fingerprint density at radius 2 is 0.676 bits per heavy atom. The van der Waals surface area contributed by atoms with E-state index in [4.69, 9.17) is 15.8 Å². The molecule has 0 atom stereocenters. The Bertz CT molecular complexity index is 933. The first-order chi connectivity index (χ1) is 16.8. The number of carbonyl (C=O) groups is 3. The molecule has 0 heterocycles. The fourth-order valence-corrected chi connectivity index (χ4v) is 2.11. The number of carbonyl (C=O) groups excluding carboxylic acids is 3. The molecule has 0 amide bonds. The molecular weight excluding hydrogens is 514 g/mol. The van der Waals surface area contributed by atoms with Crippen LogP contribution in [0.1, 0.15) is 60.8 Å². The Morgan fingerprint density at radius 3 is 0.730 bits per heavy atom. The van der Waals surface area contributed by atoms with Gasteiger partial charge in [0.25, 0.3) is 0 Å². The number of rotatable bonds is 6. The molecule has 0 saturated heterocycles. The summed E-state index contributed by atoms with van der Waals surface area (Å²) < 4.78 is 0. The summed E-state index contributed by atoms with van der Waals surface area (Å²) in [5, 5.41) is 56.2. The maximum absolute atomic E-state index is 10.6. The average molecular weight is 545 g/mol. The van der Waals surface area contributed by atoms with Gasteiger partial charge in [-0.25, -0.2) is 0 Å². The van der Waals surface area contributed by atoms with Gasteiger partial charge in [0.15, 0.2) is 17.3 Å². The Kier molecular flexibility index (Phi) is 27.0. The summed E-state index contributed by atoms with van der Waals surface area (Å²) in [5.74, 6) is -1.87. The van der Waals surface area contributed by atoms with Crippen LogP contribution in [-0.4, -0.2) is 17.3 Å². The van der Waals surface area contributed by atoms with Gasteiger partial charge in [-0.1, -0.05) is 57.2 Å². The zero-order valence-electron chi connectivity index (χ0n) is 21.8. The number of nitrogens with zero attached hydrogens (tertiary/aromatic N) is 3. The molecule has 0 spiro atoms. The molecule has 0 aliphatic heterocycles. The van der Waals surface area contributed by atoms with Gasteiger partial charge in [0.1, 0.15) is 0 Å². The summed E-state index contributed by atoms with van der Waals surface area (Å²) in [4.78, 5) is 31.7. The van der Waals surface area contributed by atoms with Crippen molar-refractivity contribution >= 4 is 17.3 Å². The molecule has 37 heavy (non-hydrogen) atoms. The van der Waals surface area contributed by atoms with E-state index in [1.807, 2.05) is 36.4 Å². The van der Waals surface area contributed by atoms with E-state index in [0.29, 0.717) is 0 Å². The summed E-state index contributed by atoms with van der Waals surface area (Å²) in [6.07, 6.45) is -0.236. The molecule has 10 heteroatoms. The van der Waals surface area contributed by atoms with Crippen LogP contribution in [-0.2, 0) is 31.7 Å². The topological polar surface area (TPSA) is 192 Å². The molecule has 195 valence electrons. The van der Waals surface area contributed by atoms with E-state index in [2.05, 4.69) is 0 Å². The predicted octanol–water partition coefficient (Wildman–Crippen LogP) is 2.05. The van der Waals surface area contributed by atoms with Crippen molar-refractivity contribution in [3.05, 3.63) is 70.4 Å². The summed E-state index contributed by atoms with van der Waals surface area (Å²) in [5.41, 5.74) is 0.257. The average Bonchev–Trinajstić information content (AvgIpc) is 2.80. The second-order valence-electron chi connectivity index (χ2n) is 6.93. The second kappa shape index (κ2) is 25.0. The summed E-state index contributed by atoms with van der Waals surface area (Å²) in [6.45, 7) is 7.71. The van der Waals surface area contributed by atoms with Crippen molar-refractivity contribution in [1.29, 1.82) is 15.8 Å². The third-order valence-electron chi connectivity index (χ3n) is 3.98. The number of ketones is 3. The van der Waals surface area contributed by atoms with E-state index in [0.717, 1.165) is 0 Å². The number of hydrogen-bond acceptors (Lipinski definition) is 9. The molecule has 0 aromatic heterocycles. The molecule has 9 nitrogen and oxygen atoms in total. The van der Waals surface area contributed by atoms with Gasteiger partial charge < -0.3 is 15.3 Å². The monoisotopic (exact) mass is 544 g/mol. The second-order valence-corrected chi connectivity index (χ2v) is 6.93. The van der Waals surface area contributed by atoms with Crippen LogP contribution in [0.5, 0.6) is 0 Å². The quantitative estimate of drug-likeness (QED) is 0.381. The minimum atomic E-state index is -0.311. The molecule has 0 bridgehead atoms. The maximum Gasteiger partial charge on any atom is 3.00 e. The van der Waals surface area contributed by atoms with Crippen LogP contribution in [0.25, 0.3) is 0 Å². The smallest absolute Gasteiger partial charge is 0.875 e. The number of Topliss-reactive ketones (excluding diaryl/α,β-unsaturated/α-hetero) is 3. The van der Waals surface area contributed by atoms with Crippen molar-refractivity contribution in [2.45, 2.75) is 60.8 Å². The van der Waals surface area contributed by atoms with E-state index in [9.17, 15) is 29.7 Å². The number of benzene rings is 1. The van der Waals surface area contributed by atoms with Crippen LogP contribution in [0.4, 0.5) is 0 Å². The van der Waals surface area contributed by atoms with Crippen LogP contribution < -0.4 is 15.3 Å². The molecule has 0 unspecified atom stereocenters. The molecule has 0 aliphatic rings. The molecule has 0 N–H and O–H groups in total. The maximum atomic E-state index is 10.6. The van der Waals surface area contributed by atoms with Crippen LogP contribution in [0.3, 0.4) is 0 Å². The largest absolute Gasteiger partial charge is 3.00 e. The van der Waals surface area contributed by atoms with E-state index < -0.39 is 0 Å². The van der Waals surface area contributed by atoms with Gasteiger partial charge in [-0.15, -0.1) is 17.3 Å². The number of hydrogen-bond donors (Lipinski definition) is 0. The van der Waals surface area contributed by atoms with E-state index in [-0.39, 0.29) is 88.0 Å². The Morgan fingerprint density at radius 1 is 0.514 bits per heavy atom. The van der Waals surface area contributed by atoms with Crippen LogP contribution >= 0.6 is 0 Å². The van der Waals surface area contributed by atoms with Crippen molar-refractivity contribution in [2.75, 3.05) is 0 Å². The van der Waals surface area contributed by atoms with E-state index in [1.54, 1.807) is 18.2 Å². The van der Waals surface area contributed by atoms with Gasteiger partial charge in [-0.05, 0) is 37.5 Å².